The van der Waals surface area contributed by atoms with Gasteiger partial charge in [0.2, 0.25) is 0 Å². The molecule has 0 bridgehead atoms. The summed E-state index contributed by atoms with van der Waals surface area (Å²) in [7, 11) is 0. The first-order valence-corrected chi connectivity index (χ1v) is 8.93. The Morgan fingerprint density at radius 3 is 2.44 bits per heavy atom. The molecule has 1 N–H and O–H groups in total. The van der Waals surface area contributed by atoms with E-state index >= 15 is 0 Å². The van der Waals surface area contributed by atoms with Crippen molar-refractivity contribution in [3.63, 3.8) is 0 Å². The van der Waals surface area contributed by atoms with Gasteiger partial charge in [-0.25, -0.2) is 0 Å². The molecular weight excluding hydrogens is 348 g/mol. The van der Waals surface area contributed by atoms with Crippen LogP contribution in [0.25, 0.3) is 0 Å². The lowest BCUT2D eigenvalue weighted by Crippen LogP contribution is -2.42. The van der Waals surface area contributed by atoms with Crippen LogP contribution >= 0.6 is 0 Å². The molecule has 142 valence electrons. The fourth-order valence-corrected chi connectivity index (χ4v) is 3.35. The summed E-state index contributed by atoms with van der Waals surface area (Å²) < 4.78 is 5.37. The van der Waals surface area contributed by atoms with Crippen molar-refractivity contribution in [2.75, 3.05) is 19.7 Å². The number of hydrogen-bond donors (Lipinski definition) is 1. The van der Waals surface area contributed by atoms with Gasteiger partial charge < -0.3 is 14.7 Å². The number of nitro benzene ring substituents is 1. The number of likely N-dealkylation sites (tertiary alicyclic amines) is 1. The van der Waals surface area contributed by atoms with Gasteiger partial charge >= 0.3 is 5.69 Å². The summed E-state index contributed by atoms with van der Waals surface area (Å²) in [5, 5.41) is 21.5. The summed E-state index contributed by atoms with van der Waals surface area (Å²) in [5.41, 5.74) is 0.733. The highest BCUT2D eigenvalue weighted by atomic mass is 16.6. The SMILES string of the molecule is O=C(COc1ccccc1[N+](=O)[O-])N1CCC(C(O)c2ccccc2)CC1. The van der Waals surface area contributed by atoms with Gasteiger partial charge in [-0.05, 0) is 30.4 Å². The lowest BCUT2D eigenvalue weighted by atomic mass is 9.87. The minimum atomic E-state index is -0.535. The van der Waals surface area contributed by atoms with Crippen LogP contribution in [-0.4, -0.2) is 40.5 Å². The Morgan fingerprint density at radius 1 is 1.15 bits per heavy atom. The number of para-hydroxylation sites is 2. The third kappa shape index (κ3) is 4.62. The Balaban J connectivity index is 1.51. The van der Waals surface area contributed by atoms with Crippen molar-refractivity contribution in [2.45, 2.75) is 18.9 Å². The molecule has 1 heterocycles. The number of rotatable bonds is 6. The molecule has 0 aromatic heterocycles. The fraction of sp³-hybridized carbons (Fsp3) is 0.350. The molecule has 1 amide bonds. The van der Waals surface area contributed by atoms with Crippen LogP contribution in [0.4, 0.5) is 5.69 Å². The topological polar surface area (TPSA) is 92.9 Å². The van der Waals surface area contributed by atoms with E-state index in [-0.39, 0.29) is 29.9 Å². The van der Waals surface area contributed by atoms with Crippen molar-refractivity contribution in [2.24, 2.45) is 5.92 Å². The maximum Gasteiger partial charge on any atom is 0.310 e. The van der Waals surface area contributed by atoms with E-state index in [1.165, 1.54) is 12.1 Å². The minimum Gasteiger partial charge on any atom is -0.477 e. The summed E-state index contributed by atoms with van der Waals surface area (Å²) in [4.78, 5) is 24.5. The molecule has 3 rings (SSSR count). The molecule has 27 heavy (non-hydrogen) atoms. The van der Waals surface area contributed by atoms with Crippen molar-refractivity contribution < 1.29 is 19.6 Å². The predicted molar refractivity (Wildman–Crippen MR) is 99.3 cm³/mol. The number of benzene rings is 2. The molecule has 0 radical (unpaired) electrons. The summed E-state index contributed by atoms with van der Waals surface area (Å²) in [5.74, 6) is -0.0152. The van der Waals surface area contributed by atoms with Crippen LogP contribution in [0.2, 0.25) is 0 Å². The largest absolute Gasteiger partial charge is 0.477 e. The number of amides is 1. The predicted octanol–water partition coefficient (Wildman–Crippen LogP) is 2.95. The van der Waals surface area contributed by atoms with E-state index in [4.69, 9.17) is 4.74 Å². The Bertz CT molecular complexity index is 788. The zero-order chi connectivity index (χ0) is 19.2. The minimum absolute atomic E-state index is 0.0882. The van der Waals surface area contributed by atoms with E-state index in [2.05, 4.69) is 0 Å². The zero-order valence-corrected chi connectivity index (χ0v) is 14.9. The normalized spacial score (nSPS) is 16.0. The molecule has 0 saturated carbocycles. The molecule has 0 spiro atoms. The molecule has 7 heteroatoms. The average Bonchev–Trinajstić information content (AvgIpc) is 2.72. The summed E-state index contributed by atoms with van der Waals surface area (Å²) in [6.45, 7) is 0.831. The molecule has 1 fully saturated rings. The van der Waals surface area contributed by atoms with E-state index in [1.807, 2.05) is 30.3 Å². The number of nitro groups is 1. The molecule has 7 nitrogen and oxygen atoms in total. The second-order valence-corrected chi connectivity index (χ2v) is 6.59. The van der Waals surface area contributed by atoms with Crippen LogP contribution in [0.5, 0.6) is 5.75 Å². The highest BCUT2D eigenvalue weighted by Gasteiger charge is 2.28. The second-order valence-electron chi connectivity index (χ2n) is 6.59. The van der Waals surface area contributed by atoms with E-state index in [9.17, 15) is 20.0 Å². The monoisotopic (exact) mass is 370 g/mol. The first kappa shape index (κ1) is 18.8. The number of aliphatic hydroxyl groups is 1. The lowest BCUT2D eigenvalue weighted by Gasteiger charge is -2.34. The Labute approximate surface area is 157 Å². The highest BCUT2D eigenvalue weighted by Crippen LogP contribution is 2.31. The molecule has 2 aromatic carbocycles. The van der Waals surface area contributed by atoms with Gasteiger partial charge in [0.25, 0.3) is 5.91 Å². The number of carbonyl (C=O) groups excluding carboxylic acids is 1. The van der Waals surface area contributed by atoms with Crippen molar-refractivity contribution >= 4 is 11.6 Å². The van der Waals surface area contributed by atoms with Crippen LogP contribution in [0.1, 0.15) is 24.5 Å². The van der Waals surface area contributed by atoms with Crippen molar-refractivity contribution in [1.29, 1.82) is 0 Å². The van der Waals surface area contributed by atoms with Gasteiger partial charge in [0.1, 0.15) is 0 Å². The van der Waals surface area contributed by atoms with Crippen molar-refractivity contribution in [3.05, 3.63) is 70.3 Å². The van der Waals surface area contributed by atoms with Crippen molar-refractivity contribution in [1.82, 2.24) is 4.90 Å². The van der Waals surface area contributed by atoms with E-state index < -0.39 is 11.0 Å². The summed E-state index contributed by atoms with van der Waals surface area (Å²) in [6, 6.07) is 15.5. The number of piperidine rings is 1. The van der Waals surface area contributed by atoms with Crippen LogP contribution in [-0.2, 0) is 4.79 Å². The Kier molecular flexibility index (Phi) is 6.03. The van der Waals surface area contributed by atoms with Gasteiger partial charge in [-0.3, -0.25) is 14.9 Å². The number of carbonyl (C=O) groups is 1. The van der Waals surface area contributed by atoms with Crippen LogP contribution in [0, 0.1) is 16.0 Å². The molecule has 1 aliphatic heterocycles. The van der Waals surface area contributed by atoms with Gasteiger partial charge in [-0.2, -0.15) is 0 Å². The summed E-state index contributed by atoms with van der Waals surface area (Å²) in [6.07, 6.45) is 0.868. The van der Waals surface area contributed by atoms with Crippen LogP contribution in [0.15, 0.2) is 54.6 Å². The number of ether oxygens (including phenoxy) is 1. The number of nitrogens with zero attached hydrogens (tertiary/aromatic N) is 2. The van der Waals surface area contributed by atoms with Gasteiger partial charge in [-0.15, -0.1) is 0 Å². The molecular formula is C20H22N2O5. The molecule has 1 saturated heterocycles. The van der Waals surface area contributed by atoms with E-state index in [1.54, 1.807) is 17.0 Å². The lowest BCUT2D eigenvalue weighted by molar-refractivity contribution is -0.385. The third-order valence-corrected chi connectivity index (χ3v) is 4.89. The number of hydrogen-bond acceptors (Lipinski definition) is 5. The Morgan fingerprint density at radius 2 is 1.78 bits per heavy atom. The quantitative estimate of drug-likeness (QED) is 0.623. The molecule has 1 aliphatic rings. The van der Waals surface area contributed by atoms with Gasteiger partial charge in [0.05, 0.1) is 11.0 Å². The fourth-order valence-electron chi connectivity index (χ4n) is 3.35. The third-order valence-electron chi connectivity index (χ3n) is 4.89. The number of aliphatic hydroxyl groups excluding tert-OH is 1. The molecule has 1 atom stereocenters. The smallest absolute Gasteiger partial charge is 0.310 e. The van der Waals surface area contributed by atoms with Crippen LogP contribution < -0.4 is 4.74 Å². The summed E-state index contributed by atoms with van der Waals surface area (Å²) >= 11 is 0. The average molecular weight is 370 g/mol. The van der Waals surface area contributed by atoms with Crippen molar-refractivity contribution in [3.8, 4) is 5.75 Å². The zero-order valence-electron chi connectivity index (χ0n) is 14.9. The highest BCUT2D eigenvalue weighted by molar-refractivity contribution is 5.78. The molecule has 2 aromatic rings. The van der Waals surface area contributed by atoms with E-state index in [0.717, 1.165) is 5.56 Å². The van der Waals surface area contributed by atoms with E-state index in [0.29, 0.717) is 25.9 Å². The van der Waals surface area contributed by atoms with Gasteiger partial charge in [0.15, 0.2) is 12.4 Å². The first-order valence-electron chi connectivity index (χ1n) is 8.93. The van der Waals surface area contributed by atoms with Gasteiger partial charge in [0, 0.05) is 19.2 Å². The molecule has 1 unspecified atom stereocenters. The van der Waals surface area contributed by atoms with Gasteiger partial charge in [-0.1, -0.05) is 42.5 Å². The standard InChI is InChI=1S/C20H22N2O5/c23-19(14-27-18-9-5-4-8-17(18)22(25)26)21-12-10-16(11-13-21)20(24)15-6-2-1-3-7-15/h1-9,16,20,24H,10-14H2. The molecule has 0 aliphatic carbocycles. The maximum absolute atomic E-state index is 12.4. The second kappa shape index (κ2) is 8.64. The maximum atomic E-state index is 12.4. The van der Waals surface area contributed by atoms with Crippen LogP contribution in [0.3, 0.4) is 0 Å². The Hall–Kier alpha value is -2.93. The first-order chi connectivity index (χ1) is 13.1.